The van der Waals surface area contributed by atoms with Crippen LogP contribution in [0, 0.1) is 12.3 Å². The van der Waals surface area contributed by atoms with E-state index in [9.17, 15) is 9.59 Å². The Morgan fingerprint density at radius 2 is 2.14 bits per heavy atom. The average Bonchev–Trinajstić information content (AvgIpc) is 2.92. The highest BCUT2D eigenvalue weighted by atomic mass is 32.1. The summed E-state index contributed by atoms with van der Waals surface area (Å²) in [5.41, 5.74) is 1.97. The lowest BCUT2D eigenvalue weighted by molar-refractivity contribution is 0.0915. The molecule has 0 bridgehead atoms. The molecule has 2 aromatic heterocycles. The monoisotopic (exact) mass is 318 g/mol. The Labute approximate surface area is 132 Å². The quantitative estimate of drug-likeness (QED) is 0.923. The summed E-state index contributed by atoms with van der Waals surface area (Å²) in [4.78, 5) is 29.5. The zero-order valence-corrected chi connectivity index (χ0v) is 13.9. The van der Waals surface area contributed by atoms with Gasteiger partial charge in [-0.2, -0.15) is 5.10 Å². The molecule has 0 saturated carbocycles. The summed E-state index contributed by atoms with van der Waals surface area (Å²) in [6.45, 7) is 6.00. The molecule has 6 nitrogen and oxygen atoms in total. The topological polar surface area (TPSA) is 76.9 Å². The molecule has 0 radical (unpaired) electrons. The van der Waals surface area contributed by atoms with E-state index in [0.717, 1.165) is 17.8 Å². The van der Waals surface area contributed by atoms with E-state index in [1.54, 1.807) is 17.8 Å². The molecule has 0 unspecified atom stereocenters. The lowest BCUT2D eigenvalue weighted by Crippen LogP contribution is -2.26. The number of fused-ring (bicyclic) bond motifs is 1. The minimum atomic E-state index is -0.304. The molecule has 1 aliphatic carbocycles. The normalized spacial score (nSPS) is 16.5. The standard InChI is InChI=1S/C15H18N4O2S/c1-8-5-9(18-19(8)4)13(21)17-14-16-10-6-15(2,3)7-11(20)12(10)22-14/h5H,6-7H2,1-4H3,(H,16,17,21). The first kappa shape index (κ1) is 14.9. The molecule has 2 heterocycles. The first-order valence-corrected chi connectivity index (χ1v) is 7.92. The van der Waals surface area contributed by atoms with Crippen LogP contribution in [0.15, 0.2) is 6.07 Å². The molecule has 0 spiro atoms. The Kier molecular flexibility index (Phi) is 3.40. The Morgan fingerprint density at radius 3 is 2.77 bits per heavy atom. The third-order valence-corrected chi connectivity index (χ3v) is 4.86. The van der Waals surface area contributed by atoms with Crippen molar-refractivity contribution in [2.75, 3.05) is 5.32 Å². The van der Waals surface area contributed by atoms with E-state index < -0.39 is 0 Å². The molecule has 116 valence electrons. The number of thiazole rings is 1. The van der Waals surface area contributed by atoms with Gasteiger partial charge in [0, 0.05) is 19.2 Å². The largest absolute Gasteiger partial charge is 0.296 e. The van der Waals surface area contributed by atoms with Gasteiger partial charge >= 0.3 is 0 Å². The van der Waals surface area contributed by atoms with Crippen molar-refractivity contribution in [2.24, 2.45) is 12.5 Å². The molecule has 2 aromatic rings. The number of amides is 1. The summed E-state index contributed by atoms with van der Waals surface area (Å²) in [5, 5.41) is 7.35. The molecule has 0 atom stereocenters. The lowest BCUT2D eigenvalue weighted by Gasteiger charge is -2.26. The van der Waals surface area contributed by atoms with Gasteiger partial charge in [-0.15, -0.1) is 0 Å². The predicted molar refractivity (Wildman–Crippen MR) is 84.4 cm³/mol. The van der Waals surface area contributed by atoms with Gasteiger partial charge in [0.1, 0.15) is 0 Å². The molecule has 1 N–H and O–H groups in total. The first-order valence-electron chi connectivity index (χ1n) is 7.10. The maximum atomic E-state index is 12.2. The minimum absolute atomic E-state index is 0.0719. The maximum Gasteiger partial charge on any atom is 0.277 e. The highest BCUT2D eigenvalue weighted by molar-refractivity contribution is 7.17. The van der Waals surface area contributed by atoms with Gasteiger partial charge in [-0.05, 0) is 24.8 Å². The Bertz CT molecular complexity index is 753. The van der Waals surface area contributed by atoms with Gasteiger partial charge in [0.15, 0.2) is 16.6 Å². The number of carbonyl (C=O) groups excluding carboxylic acids is 2. The molecular formula is C15H18N4O2S. The fourth-order valence-electron chi connectivity index (χ4n) is 2.61. The predicted octanol–water partition coefficient (Wildman–Crippen LogP) is 2.59. The van der Waals surface area contributed by atoms with Gasteiger partial charge in [-0.3, -0.25) is 19.6 Å². The fraction of sp³-hybridized carbons (Fsp3) is 0.467. The number of rotatable bonds is 2. The molecule has 0 saturated heterocycles. The molecule has 1 aliphatic rings. The van der Waals surface area contributed by atoms with Crippen LogP contribution in [0.5, 0.6) is 0 Å². The van der Waals surface area contributed by atoms with Gasteiger partial charge in [-0.1, -0.05) is 25.2 Å². The highest BCUT2D eigenvalue weighted by Gasteiger charge is 2.34. The summed E-state index contributed by atoms with van der Waals surface area (Å²) < 4.78 is 1.65. The van der Waals surface area contributed by atoms with E-state index in [1.807, 2.05) is 6.92 Å². The second-order valence-electron chi connectivity index (χ2n) is 6.48. The maximum absolute atomic E-state index is 12.2. The van der Waals surface area contributed by atoms with Crippen molar-refractivity contribution in [2.45, 2.75) is 33.6 Å². The van der Waals surface area contributed by atoms with Crippen molar-refractivity contribution < 1.29 is 9.59 Å². The second-order valence-corrected chi connectivity index (χ2v) is 7.48. The fourth-order valence-corrected chi connectivity index (χ4v) is 3.52. The summed E-state index contributed by atoms with van der Waals surface area (Å²) >= 11 is 1.25. The number of nitrogens with zero attached hydrogens (tertiary/aromatic N) is 3. The lowest BCUT2D eigenvalue weighted by atomic mass is 9.78. The van der Waals surface area contributed by atoms with Gasteiger partial charge in [0.2, 0.25) is 0 Å². The third-order valence-electron chi connectivity index (χ3n) is 3.80. The molecule has 0 aliphatic heterocycles. The van der Waals surface area contributed by atoms with Crippen molar-refractivity contribution in [1.29, 1.82) is 0 Å². The van der Waals surface area contributed by atoms with E-state index >= 15 is 0 Å². The summed E-state index contributed by atoms with van der Waals surface area (Å²) in [7, 11) is 1.79. The van der Waals surface area contributed by atoms with Crippen LogP contribution in [0.1, 0.15) is 51.8 Å². The molecular weight excluding hydrogens is 300 g/mol. The van der Waals surface area contributed by atoms with E-state index in [0.29, 0.717) is 22.1 Å². The number of aromatic nitrogens is 3. The van der Waals surface area contributed by atoms with Crippen LogP contribution in [0.25, 0.3) is 0 Å². The minimum Gasteiger partial charge on any atom is -0.296 e. The molecule has 0 fully saturated rings. The summed E-state index contributed by atoms with van der Waals surface area (Å²) in [5.74, 6) is -0.195. The number of anilines is 1. The second kappa shape index (κ2) is 5.01. The Morgan fingerprint density at radius 1 is 1.41 bits per heavy atom. The molecule has 22 heavy (non-hydrogen) atoms. The van der Waals surface area contributed by atoms with Crippen molar-refractivity contribution in [3.63, 3.8) is 0 Å². The number of hydrogen-bond acceptors (Lipinski definition) is 5. The van der Waals surface area contributed by atoms with Crippen LogP contribution in [-0.4, -0.2) is 26.5 Å². The summed E-state index contributed by atoms with van der Waals surface area (Å²) in [6, 6.07) is 1.72. The first-order chi connectivity index (χ1) is 10.2. The van der Waals surface area contributed by atoms with Crippen LogP contribution < -0.4 is 5.32 Å². The molecule has 0 aromatic carbocycles. The SMILES string of the molecule is Cc1cc(C(=O)Nc2nc3c(s2)C(=O)CC(C)(C)C3)nn1C. The van der Waals surface area contributed by atoms with E-state index in [2.05, 4.69) is 29.2 Å². The highest BCUT2D eigenvalue weighted by Crippen LogP contribution is 2.38. The van der Waals surface area contributed by atoms with Crippen LogP contribution in [-0.2, 0) is 13.5 Å². The molecule has 1 amide bonds. The number of carbonyl (C=O) groups is 2. The van der Waals surface area contributed by atoms with Gasteiger partial charge in [0.05, 0.1) is 10.6 Å². The zero-order valence-electron chi connectivity index (χ0n) is 13.1. The summed E-state index contributed by atoms with van der Waals surface area (Å²) in [6.07, 6.45) is 1.28. The van der Waals surface area contributed by atoms with Gasteiger partial charge < -0.3 is 0 Å². The number of hydrogen-bond donors (Lipinski definition) is 1. The number of aryl methyl sites for hydroxylation is 2. The van der Waals surface area contributed by atoms with Gasteiger partial charge in [-0.25, -0.2) is 4.98 Å². The molecule has 7 heteroatoms. The van der Waals surface area contributed by atoms with Crippen molar-refractivity contribution in [3.05, 3.63) is 28.0 Å². The van der Waals surface area contributed by atoms with E-state index in [-0.39, 0.29) is 17.1 Å². The average molecular weight is 318 g/mol. The van der Waals surface area contributed by atoms with Crippen molar-refractivity contribution >= 4 is 28.2 Å². The van der Waals surface area contributed by atoms with Crippen molar-refractivity contribution in [3.8, 4) is 0 Å². The number of Topliss-reactive ketones (excluding diaryl/α,β-unsaturated/α-hetero) is 1. The van der Waals surface area contributed by atoms with Crippen LogP contribution in [0.2, 0.25) is 0 Å². The Balaban J connectivity index is 1.83. The number of nitrogens with one attached hydrogen (secondary N) is 1. The van der Waals surface area contributed by atoms with Crippen LogP contribution >= 0.6 is 11.3 Å². The van der Waals surface area contributed by atoms with Gasteiger partial charge in [0.25, 0.3) is 5.91 Å². The smallest absolute Gasteiger partial charge is 0.277 e. The molecule has 3 rings (SSSR count). The van der Waals surface area contributed by atoms with Crippen LogP contribution in [0.4, 0.5) is 5.13 Å². The van der Waals surface area contributed by atoms with Crippen molar-refractivity contribution in [1.82, 2.24) is 14.8 Å². The Hall–Kier alpha value is -2.02. The van der Waals surface area contributed by atoms with E-state index in [1.165, 1.54) is 11.3 Å². The van der Waals surface area contributed by atoms with Crippen LogP contribution in [0.3, 0.4) is 0 Å². The zero-order chi connectivity index (χ0) is 16.1. The third kappa shape index (κ3) is 2.68. The van der Waals surface area contributed by atoms with E-state index in [4.69, 9.17) is 0 Å². The number of ketones is 1.